The van der Waals surface area contributed by atoms with E-state index in [2.05, 4.69) is 20.6 Å². The molecule has 0 saturated carbocycles. The van der Waals surface area contributed by atoms with Crippen molar-refractivity contribution >= 4 is 17.6 Å². The van der Waals surface area contributed by atoms with E-state index in [1.54, 1.807) is 6.07 Å². The number of piperidine rings is 1. The van der Waals surface area contributed by atoms with Crippen LogP contribution in [-0.2, 0) is 9.59 Å². The summed E-state index contributed by atoms with van der Waals surface area (Å²) in [7, 11) is 0. The molecular weight excluding hydrogens is 248 g/mol. The summed E-state index contributed by atoms with van der Waals surface area (Å²) in [6.45, 7) is 2.58. The number of aromatic nitrogens is 2. The molecular formula is C12H16N4O3. The second-order valence-corrected chi connectivity index (χ2v) is 4.24. The average Bonchev–Trinajstić information content (AvgIpc) is 2.40. The molecule has 1 aliphatic rings. The number of amides is 2. The van der Waals surface area contributed by atoms with E-state index in [9.17, 15) is 9.59 Å². The number of imide groups is 1. The molecule has 0 spiro atoms. The second kappa shape index (κ2) is 6.12. The zero-order valence-corrected chi connectivity index (χ0v) is 10.7. The number of ether oxygens (including phenoxy) is 1. The SMILES string of the molecule is CCCOc1cc(NC2CCC(=O)NC2=O)ncn1. The van der Waals surface area contributed by atoms with Gasteiger partial charge in [0.25, 0.3) is 0 Å². The lowest BCUT2D eigenvalue weighted by atomic mass is 10.1. The highest BCUT2D eigenvalue weighted by Gasteiger charge is 2.26. The van der Waals surface area contributed by atoms with Crippen LogP contribution in [0.5, 0.6) is 5.88 Å². The van der Waals surface area contributed by atoms with E-state index in [0.29, 0.717) is 31.1 Å². The summed E-state index contributed by atoms with van der Waals surface area (Å²) in [5.74, 6) is 0.408. The van der Waals surface area contributed by atoms with Crippen LogP contribution in [0.15, 0.2) is 12.4 Å². The van der Waals surface area contributed by atoms with E-state index in [1.807, 2.05) is 6.92 Å². The zero-order valence-electron chi connectivity index (χ0n) is 10.7. The molecule has 1 aliphatic heterocycles. The first-order valence-electron chi connectivity index (χ1n) is 6.24. The van der Waals surface area contributed by atoms with E-state index in [1.165, 1.54) is 6.33 Å². The highest BCUT2D eigenvalue weighted by Crippen LogP contribution is 2.15. The molecule has 1 aromatic heterocycles. The molecule has 1 fully saturated rings. The van der Waals surface area contributed by atoms with Gasteiger partial charge in [-0.15, -0.1) is 0 Å². The van der Waals surface area contributed by atoms with E-state index >= 15 is 0 Å². The Morgan fingerprint density at radius 1 is 1.47 bits per heavy atom. The fourth-order valence-electron chi connectivity index (χ4n) is 1.71. The van der Waals surface area contributed by atoms with Crippen LogP contribution in [0.4, 0.5) is 5.82 Å². The van der Waals surface area contributed by atoms with Gasteiger partial charge in [-0.05, 0) is 12.8 Å². The Morgan fingerprint density at radius 3 is 3.05 bits per heavy atom. The van der Waals surface area contributed by atoms with Crippen LogP contribution in [0.25, 0.3) is 0 Å². The Bertz CT molecular complexity index is 478. The van der Waals surface area contributed by atoms with Gasteiger partial charge in [0.15, 0.2) is 0 Å². The van der Waals surface area contributed by atoms with Gasteiger partial charge >= 0.3 is 0 Å². The molecule has 2 amide bonds. The lowest BCUT2D eigenvalue weighted by Crippen LogP contribution is -2.47. The van der Waals surface area contributed by atoms with Gasteiger partial charge in [0, 0.05) is 12.5 Å². The Kier molecular flexibility index (Phi) is 4.27. The predicted molar refractivity (Wildman–Crippen MR) is 67.6 cm³/mol. The molecule has 0 aromatic carbocycles. The van der Waals surface area contributed by atoms with E-state index in [4.69, 9.17) is 4.74 Å². The van der Waals surface area contributed by atoms with Crippen molar-refractivity contribution in [1.29, 1.82) is 0 Å². The first-order chi connectivity index (χ1) is 9.19. The molecule has 1 saturated heterocycles. The lowest BCUT2D eigenvalue weighted by Gasteiger charge is -2.22. The van der Waals surface area contributed by atoms with Crippen molar-refractivity contribution in [3.63, 3.8) is 0 Å². The largest absolute Gasteiger partial charge is 0.478 e. The van der Waals surface area contributed by atoms with Crippen molar-refractivity contribution in [3.8, 4) is 5.88 Å². The van der Waals surface area contributed by atoms with Crippen molar-refractivity contribution < 1.29 is 14.3 Å². The molecule has 2 N–H and O–H groups in total. The number of rotatable bonds is 5. The van der Waals surface area contributed by atoms with Crippen molar-refractivity contribution in [1.82, 2.24) is 15.3 Å². The van der Waals surface area contributed by atoms with Gasteiger partial charge < -0.3 is 10.1 Å². The standard InChI is InChI=1S/C12H16N4O3/c1-2-5-19-11-6-9(13-7-14-11)15-8-3-4-10(17)16-12(8)18/h6-8H,2-5H2,1H3,(H,13,14,15)(H,16,17,18). The second-order valence-electron chi connectivity index (χ2n) is 4.24. The number of carbonyl (C=O) groups excluding carboxylic acids is 2. The van der Waals surface area contributed by atoms with Gasteiger partial charge in [0.05, 0.1) is 6.61 Å². The monoisotopic (exact) mass is 264 g/mol. The van der Waals surface area contributed by atoms with Gasteiger partial charge in [0.1, 0.15) is 18.2 Å². The Labute approximate surface area is 110 Å². The first-order valence-corrected chi connectivity index (χ1v) is 6.24. The third-order valence-electron chi connectivity index (χ3n) is 2.66. The minimum absolute atomic E-state index is 0.238. The van der Waals surface area contributed by atoms with Gasteiger partial charge in [0.2, 0.25) is 17.7 Å². The summed E-state index contributed by atoms with van der Waals surface area (Å²) in [5.41, 5.74) is 0. The van der Waals surface area contributed by atoms with Crippen LogP contribution in [-0.4, -0.2) is 34.4 Å². The quantitative estimate of drug-likeness (QED) is 0.751. The minimum atomic E-state index is -0.452. The topological polar surface area (TPSA) is 93.2 Å². The molecule has 102 valence electrons. The van der Waals surface area contributed by atoms with Crippen molar-refractivity contribution in [2.24, 2.45) is 0 Å². The lowest BCUT2D eigenvalue weighted by molar-refractivity contribution is -0.133. The normalized spacial score (nSPS) is 18.9. The summed E-state index contributed by atoms with van der Waals surface area (Å²) >= 11 is 0. The molecule has 1 atom stereocenters. The molecule has 1 unspecified atom stereocenters. The van der Waals surface area contributed by atoms with E-state index in [0.717, 1.165) is 6.42 Å². The van der Waals surface area contributed by atoms with Crippen LogP contribution in [0.2, 0.25) is 0 Å². The molecule has 2 rings (SSSR count). The number of nitrogens with one attached hydrogen (secondary N) is 2. The third-order valence-corrected chi connectivity index (χ3v) is 2.66. The Morgan fingerprint density at radius 2 is 2.32 bits per heavy atom. The molecule has 7 heteroatoms. The molecule has 19 heavy (non-hydrogen) atoms. The van der Waals surface area contributed by atoms with Crippen molar-refractivity contribution in [3.05, 3.63) is 12.4 Å². The maximum atomic E-state index is 11.6. The van der Waals surface area contributed by atoms with Gasteiger partial charge in [-0.2, -0.15) is 0 Å². The van der Waals surface area contributed by atoms with Crippen molar-refractivity contribution in [2.45, 2.75) is 32.2 Å². The van der Waals surface area contributed by atoms with Gasteiger partial charge in [-0.25, -0.2) is 9.97 Å². The number of carbonyl (C=O) groups is 2. The fraction of sp³-hybridized carbons (Fsp3) is 0.500. The zero-order chi connectivity index (χ0) is 13.7. The number of nitrogens with zero attached hydrogens (tertiary/aromatic N) is 2. The first kappa shape index (κ1) is 13.3. The fourth-order valence-corrected chi connectivity index (χ4v) is 1.71. The van der Waals surface area contributed by atoms with Crippen LogP contribution < -0.4 is 15.4 Å². The number of anilines is 1. The molecule has 2 heterocycles. The van der Waals surface area contributed by atoms with E-state index < -0.39 is 6.04 Å². The van der Waals surface area contributed by atoms with E-state index in [-0.39, 0.29) is 11.8 Å². The summed E-state index contributed by atoms with van der Waals surface area (Å²) in [4.78, 5) is 30.6. The molecule has 0 bridgehead atoms. The molecule has 7 nitrogen and oxygen atoms in total. The van der Waals surface area contributed by atoms with Crippen LogP contribution in [0, 0.1) is 0 Å². The predicted octanol–water partition coefficient (Wildman–Crippen LogP) is 0.482. The van der Waals surface area contributed by atoms with Crippen molar-refractivity contribution in [2.75, 3.05) is 11.9 Å². The summed E-state index contributed by atoms with van der Waals surface area (Å²) < 4.78 is 5.38. The van der Waals surface area contributed by atoms with Crippen LogP contribution in [0.3, 0.4) is 0 Å². The third kappa shape index (κ3) is 3.64. The van der Waals surface area contributed by atoms with Crippen LogP contribution >= 0.6 is 0 Å². The minimum Gasteiger partial charge on any atom is -0.478 e. The Balaban J connectivity index is 1.98. The molecule has 1 aromatic rings. The average molecular weight is 264 g/mol. The maximum absolute atomic E-state index is 11.6. The summed E-state index contributed by atoms with van der Waals surface area (Å²) in [6, 6.07) is 1.19. The maximum Gasteiger partial charge on any atom is 0.249 e. The smallest absolute Gasteiger partial charge is 0.249 e. The van der Waals surface area contributed by atoms with Gasteiger partial charge in [-0.1, -0.05) is 6.92 Å². The summed E-state index contributed by atoms with van der Waals surface area (Å²) in [5, 5.41) is 5.26. The Hall–Kier alpha value is -2.18. The highest BCUT2D eigenvalue weighted by molar-refractivity contribution is 6.01. The molecule has 0 aliphatic carbocycles. The number of hydrogen-bond donors (Lipinski definition) is 2. The van der Waals surface area contributed by atoms with Gasteiger partial charge in [-0.3, -0.25) is 14.9 Å². The number of hydrogen-bond acceptors (Lipinski definition) is 6. The molecule has 0 radical (unpaired) electrons. The van der Waals surface area contributed by atoms with Crippen LogP contribution in [0.1, 0.15) is 26.2 Å². The highest BCUT2D eigenvalue weighted by atomic mass is 16.5. The summed E-state index contributed by atoms with van der Waals surface area (Å²) in [6.07, 6.45) is 3.05.